The second-order valence-electron chi connectivity index (χ2n) is 10.8. The Kier molecular flexibility index (Phi) is 6.86. The van der Waals surface area contributed by atoms with E-state index in [0.29, 0.717) is 5.75 Å². The molecule has 0 spiro atoms. The van der Waals surface area contributed by atoms with E-state index in [4.69, 9.17) is 13.6 Å². The van der Waals surface area contributed by atoms with E-state index < -0.39 is 8.60 Å². The molecule has 0 aromatic heterocycles. The molecule has 6 aromatic carbocycles. The summed E-state index contributed by atoms with van der Waals surface area (Å²) >= 11 is 0. The van der Waals surface area contributed by atoms with Crippen LogP contribution in [-0.2, 0) is 0 Å². The Morgan fingerprint density at radius 2 is 0.950 bits per heavy atom. The maximum absolute atomic E-state index is 6.60. The highest BCUT2D eigenvalue weighted by Crippen LogP contribution is 2.46. The van der Waals surface area contributed by atoms with Crippen LogP contribution in [0.1, 0.15) is 33.4 Å². The van der Waals surface area contributed by atoms with E-state index in [9.17, 15) is 0 Å². The Labute approximate surface area is 237 Å². The zero-order valence-electron chi connectivity index (χ0n) is 23.8. The predicted molar refractivity (Wildman–Crippen MR) is 169 cm³/mol. The molecule has 0 N–H and O–H groups in total. The Morgan fingerprint density at radius 3 is 1.50 bits per heavy atom. The van der Waals surface area contributed by atoms with Crippen molar-refractivity contribution in [1.82, 2.24) is 0 Å². The van der Waals surface area contributed by atoms with Gasteiger partial charge in [-0.25, -0.2) is 0 Å². The van der Waals surface area contributed by atoms with Crippen LogP contribution < -0.4 is 13.6 Å². The smallest absolute Gasteiger partial charge is 0.408 e. The Bertz CT molecular complexity index is 1810. The maximum Gasteiger partial charge on any atom is 0.530 e. The minimum Gasteiger partial charge on any atom is -0.408 e. The average Bonchev–Trinajstić information content (AvgIpc) is 2.90. The van der Waals surface area contributed by atoms with Crippen molar-refractivity contribution in [2.75, 3.05) is 0 Å². The summed E-state index contributed by atoms with van der Waals surface area (Å²) in [6, 6.07) is 31.8. The van der Waals surface area contributed by atoms with Crippen LogP contribution in [0.3, 0.4) is 0 Å². The molecule has 6 rings (SSSR count). The topological polar surface area (TPSA) is 27.7 Å². The number of hydrogen-bond donors (Lipinski definition) is 0. The Balaban J connectivity index is 1.41. The van der Waals surface area contributed by atoms with Gasteiger partial charge in [0.25, 0.3) is 0 Å². The highest BCUT2D eigenvalue weighted by Gasteiger charge is 2.23. The monoisotopic (exact) mass is 544 g/mol. The van der Waals surface area contributed by atoms with Crippen LogP contribution in [0.4, 0.5) is 0 Å². The second-order valence-corrected chi connectivity index (χ2v) is 11.8. The highest BCUT2D eigenvalue weighted by atomic mass is 31.2. The molecule has 0 amide bonds. The number of rotatable bonds is 6. The van der Waals surface area contributed by atoms with Crippen molar-refractivity contribution in [3.8, 4) is 17.2 Å². The van der Waals surface area contributed by atoms with E-state index in [2.05, 4.69) is 108 Å². The molecule has 0 radical (unpaired) electrons. The maximum atomic E-state index is 6.60. The minimum absolute atomic E-state index is 0.709. The van der Waals surface area contributed by atoms with Gasteiger partial charge in [0.05, 0.1) is 0 Å². The fourth-order valence-corrected chi connectivity index (χ4v) is 6.59. The van der Waals surface area contributed by atoms with Gasteiger partial charge >= 0.3 is 8.60 Å². The summed E-state index contributed by atoms with van der Waals surface area (Å²) in [5.74, 6) is 2.23. The lowest BCUT2D eigenvalue weighted by molar-refractivity contribution is 0.386. The molecule has 200 valence electrons. The largest absolute Gasteiger partial charge is 0.530 e. The van der Waals surface area contributed by atoms with E-state index in [-0.39, 0.29) is 0 Å². The van der Waals surface area contributed by atoms with Gasteiger partial charge in [-0.3, -0.25) is 0 Å². The van der Waals surface area contributed by atoms with Gasteiger partial charge in [0.2, 0.25) is 0 Å². The fraction of sp³-hybridized carbons (Fsp3) is 0.167. The molecule has 0 fully saturated rings. The zero-order chi connectivity index (χ0) is 28.0. The van der Waals surface area contributed by atoms with Gasteiger partial charge in [0.15, 0.2) is 0 Å². The van der Waals surface area contributed by atoms with Gasteiger partial charge in [-0.15, -0.1) is 0 Å². The van der Waals surface area contributed by atoms with E-state index in [1.165, 1.54) is 43.8 Å². The first-order valence-corrected chi connectivity index (χ1v) is 14.7. The van der Waals surface area contributed by atoms with Crippen molar-refractivity contribution < 1.29 is 13.6 Å². The normalized spacial score (nSPS) is 11.5. The van der Waals surface area contributed by atoms with Crippen molar-refractivity contribution in [3.05, 3.63) is 124 Å². The summed E-state index contributed by atoms with van der Waals surface area (Å²) in [6.45, 7) is 12.7. The minimum atomic E-state index is -1.82. The highest BCUT2D eigenvalue weighted by molar-refractivity contribution is 7.43. The third-order valence-electron chi connectivity index (χ3n) is 7.45. The van der Waals surface area contributed by atoms with E-state index in [0.717, 1.165) is 33.4 Å². The first-order chi connectivity index (χ1) is 19.2. The predicted octanol–water partition coefficient (Wildman–Crippen LogP) is 10.8. The molecule has 0 aliphatic carbocycles. The van der Waals surface area contributed by atoms with Crippen LogP contribution in [0.25, 0.3) is 32.3 Å². The molecule has 3 nitrogen and oxygen atoms in total. The molecular formula is C36H33O3P. The summed E-state index contributed by atoms with van der Waals surface area (Å²) in [7, 11) is -1.82. The van der Waals surface area contributed by atoms with E-state index in [1.807, 2.05) is 24.3 Å². The van der Waals surface area contributed by atoms with Crippen LogP contribution in [0, 0.1) is 41.5 Å². The van der Waals surface area contributed by atoms with E-state index >= 15 is 0 Å². The van der Waals surface area contributed by atoms with Gasteiger partial charge in [-0.05, 0) is 133 Å². The van der Waals surface area contributed by atoms with Crippen LogP contribution >= 0.6 is 8.60 Å². The molecule has 0 heterocycles. The zero-order valence-corrected chi connectivity index (χ0v) is 24.7. The molecule has 0 atom stereocenters. The van der Waals surface area contributed by atoms with Crippen molar-refractivity contribution >= 4 is 40.9 Å². The van der Waals surface area contributed by atoms with Crippen LogP contribution in [0.15, 0.2) is 91.0 Å². The summed E-state index contributed by atoms with van der Waals surface area (Å²) in [6.07, 6.45) is 0. The van der Waals surface area contributed by atoms with Crippen LogP contribution in [-0.4, -0.2) is 0 Å². The number of fused-ring (bicyclic) bond motifs is 3. The molecule has 6 aromatic rings. The van der Waals surface area contributed by atoms with Crippen molar-refractivity contribution in [2.45, 2.75) is 41.5 Å². The van der Waals surface area contributed by atoms with Crippen LogP contribution in [0.2, 0.25) is 0 Å². The second kappa shape index (κ2) is 10.5. The molecule has 4 heteroatoms. The first kappa shape index (κ1) is 26.2. The van der Waals surface area contributed by atoms with E-state index in [1.54, 1.807) is 0 Å². The lowest BCUT2D eigenvalue weighted by Gasteiger charge is -2.21. The Morgan fingerprint density at radius 1 is 0.425 bits per heavy atom. The lowest BCUT2D eigenvalue weighted by atomic mass is 10.00. The third-order valence-corrected chi connectivity index (χ3v) is 8.50. The molecule has 0 saturated carbocycles. The fourth-order valence-electron chi connectivity index (χ4n) is 5.48. The molecule has 0 saturated heterocycles. The summed E-state index contributed by atoms with van der Waals surface area (Å²) in [5.41, 5.74) is 7.02. The number of hydrogen-bond acceptors (Lipinski definition) is 3. The molecule has 40 heavy (non-hydrogen) atoms. The SMILES string of the molecule is Cc1cc(C)c2cc(OP(Oc3ccc4ccccc4c3)Oc3cc4c(C)cc(C)cc4cc3C)c(C)cc2c1. The van der Waals surface area contributed by atoms with Gasteiger partial charge in [0.1, 0.15) is 17.2 Å². The lowest BCUT2D eigenvalue weighted by Crippen LogP contribution is -2.04. The third kappa shape index (κ3) is 5.22. The summed E-state index contributed by atoms with van der Waals surface area (Å²) < 4.78 is 19.7. The molecular weight excluding hydrogens is 511 g/mol. The summed E-state index contributed by atoms with van der Waals surface area (Å²) in [4.78, 5) is 0. The van der Waals surface area contributed by atoms with Crippen molar-refractivity contribution in [2.24, 2.45) is 0 Å². The standard InChI is InChI=1S/C36H33O3P/c1-22-13-24(3)33-20-35(26(5)17-30(33)15-22)38-40(37-32-12-11-28-9-7-8-10-29(28)19-32)39-36-21-34-25(4)14-23(2)16-31(34)18-27(36)6/h7-21H,1-6H3. The van der Waals surface area contributed by atoms with Gasteiger partial charge in [-0.1, -0.05) is 65.7 Å². The first-order valence-electron chi connectivity index (χ1n) is 13.6. The summed E-state index contributed by atoms with van der Waals surface area (Å²) in [5, 5.41) is 7.02. The van der Waals surface area contributed by atoms with Gasteiger partial charge in [-0.2, -0.15) is 0 Å². The molecule has 0 aliphatic rings. The molecule has 0 bridgehead atoms. The van der Waals surface area contributed by atoms with Crippen molar-refractivity contribution in [3.63, 3.8) is 0 Å². The molecule has 0 unspecified atom stereocenters. The Hall–Kier alpha value is -4.07. The quantitative estimate of drug-likeness (QED) is 0.195. The van der Waals surface area contributed by atoms with Crippen molar-refractivity contribution in [1.29, 1.82) is 0 Å². The van der Waals surface area contributed by atoms with Gasteiger partial charge < -0.3 is 13.6 Å². The molecule has 0 aliphatic heterocycles. The van der Waals surface area contributed by atoms with Crippen LogP contribution in [0.5, 0.6) is 17.2 Å². The average molecular weight is 545 g/mol. The number of aryl methyl sites for hydroxylation is 6. The number of benzene rings is 6. The van der Waals surface area contributed by atoms with Gasteiger partial charge in [0, 0.05) is 0 Å².